The van der Waals surface area contributed by atoms with Crippen LogP contribution in [0.2, 0.25) is 0 Å². The number of nitrogens with zero attached hydrogens (tertiary/aromatic N) is 1. The molecule has 2 heterocycles. The molecule has 1 saturated heterocycles. The van der Waals surface area contributed by atoms with Gasteiger partial charge in [0.15, 0.2) is 0 Å². The van der Waals surface area contributed by atoms with Crippen LogP contribution in [0, 0.1) is 0 Å². The zero-order chi connectivity index (χ0) is 12.4. The Morgan fingerprint density at radius 2 is 2.26 bits per heavy atom. The second kappa shape index (κ2) is 8.01. The molecule has 1 aliphatic heterocycles. The Morgan fingerprint density at radius 1 is 1.58 bits per heavy atom. The van der Waals surface area contributed by atoms with Gasteiger partial charge in [0, 0.05) is 6.54 Å². The van der Waals surface area contributed by atoms with Crippen molar-refractivity contribution in [1.29, 1.82) is 0 Å². The zero-order valence-electron chi connectivity index (χ0n) is 10.1. The summed E-state index contributed by atoms with van der Waals surface area (Å²) in [5.41, 5.74) is 6.35. The number of thiophene rings is 1. The van der Waals surface area contributed by atoms with Crippen LogP contribution in [0.5, 0.6) is 0 Å². The van der Waals surface area contributed by atoms with E-state index >= 15 is 0 Å². The Labute approximate surface area is 127 Å². The first-order chi connectivity index (χ1) is 8.09. The SMILES string of the molecule is Cl.Cl.N[C@@H](C(=O)N1CCC(F)C1)[C@@H](O)c1ccsc1. The van der Waals surface area contributed by atoms with Crippen LogP contribution in [0.3, 0.4) is 0 Å². The maximum absolute atomic E-state index is 13.0. The zero-order valence-corrected chi connectivity index (χ0v) is 12.5. The molecule has 0 saturated carbocycles. The number of halogens is 3. The van der Waals surface area contributed by atoms with Crippen LogP contribution in [0.1, 0.15) is 18.1 Å². The van der Waals surface area contributed by atoms with E-state index in [-0.39, 0.29) is 37.3 Å². The maximum atomic E-state index is 13.0. The summed E-state index contributed by atoms with van der Waals surface area (Å²) in [6, 6.07) is 0.708. The minimum Gasteiger partial charge on any atom is -0.386 e. The number of rotatable bonds is 3. The van der Waals surface area contributed by atoms with E-state index in [1.165, 1.54) is 16.2 Å². The topological polar surface area (TPSA) is 66.6 Å². The van der Waals surface area contributed by atoms with Gasteiger partial charge in [-0.25, -0.2) is 4.39 Å². The number of carbonyl (C=O) groups is 1. The smallest absolute Gasteiger partial charge is 0.242 e. The molecule has 0 bridgehead atoms. The molecule has 0 radical (unpaired) electrons. The van der Waals surface area contributed by atoms with E-state index in [9.17, 15) is 14.3 Å². The Balaban J connectivity index is 0.00000162. The number of amides is 1. The fourth-order valence-electron chi connectivity index (χ4n) is 1.91. The van der Waals surface area contributed by atoms with Gasteiger partial charge in [-0.15, -0.1) is 24.8 Å². The molecule has 1 aromatic heterocycles. The number of hydrogen-bond donors (Lipinski definition) is 2. The Morgan fingerprint density at radius 3 is 2.74 bits per heavy atom. The highest BCUT2D eigenvalue weighted by molar-refractivity contribution is 7.07. The summed E-state index contributed by atoms with van der Waals surface area (Å²) in [5.74, 6) is -0.385. The molecule has 1 aliphatic rings. The standard InChI is InChI=1S/C11H15FN2O2S.2ClH/c12-8-1-3-14(5-8)11(16)9(13)10(15)7-2-4-17-6-7;;/h2,4,6,8-10,15H,1,3,5,13H2;2*1H/t8?,9-,10+;;/m1../s1. The summed E-state index contributed by atoms with van der Waals surface area (Å²) < 4.78 is 13.0. The van der Waals surface area contributed by atoms with Crippen LogP contribution in [0.4, 0.5) is 4.39 Å². The van der Waals surface area contributed by atoms with Gasteiger partial charge in [-0.3, -0.25) is 4.79 Å². The van der Waals surface area contributed by atoms with Gasteiger partial charge in [0.05, 0.1) is 6.54 Å². The number of hydrogen-bond acceptors (Lipinski definition) is 4. The third kappa shape index (κ3) is 4.29. The van der Waals surface area contributed by atoms with Crippen molar-refractivity contribution in [1.82, 2.24) is 4.90 Å². The molecular weight excluding hydrogens is 314 g/mol. The lowest BCUT2D eigenvalue weighted by Gasteiger charge is -2.23. The largest absolute Gasteiger partial charge is 0.386 e. The lowest BCUT2D eigenvalue weighted by Crippen LogP contribution is -2.46. The first-order valence-corrected chi connectivity index (χ1v) is 6.42. The van der Waals surface area contributed by atoms with E-state index in [2.05, 4.69) is 0 Å². The van der Waals surface area contributed by atoms with Gasteiger partial charge in [-0.1, -0.05) is 0 Å². The van der Waals surface area contributed by atoms with Gasteiger partial charge >= 0.3 is 0 Å². The van der Waals surface area contributed by atoms with Crippen LogP contribution in [0.25, 0.3) is 0 Å². The molecule has 2 rings (SSSR count). The van der Waals surface area contributed by atoms with E-state index < -0.39 is 18.3 Å². The summed E-state index contributed by atoms with van der Waals surface area (Å²) in [4.78, 5) is 13.3. The third-order valence-corrected chi connectivity index (χ3v) is 3.65. The van der Waals surface area contributed by atoms with Crippen LogP contribution >= 0.6 is 36.2 Å². The summed E-state index contributed by atoms with van der Waals surface area (Å²) in [6.07, 6.45) is -1.63. The van der Waals surface area contributed by atoms with E-state index in [4.69, 9.17) is 5.73 Å². The van der Waals surface area contributed by atoms with Crippen molar-refractivity contribution < 1.29 is 14.3 Å². The van der Waals surface area contributed by atoms with E-state index in [1.807, 2.05) is 5.38 Å². The first-order valence-electron chi connectivity index (χ1n) is 5.48. The number of nitrogens with two attached hydrogens (primary N) is 1. The Kier molecular flexibility index (Phi) is 7.85. The van der Waals surface area contributed by atoms with Crippen molar-refractivity contribution in [2.75, 3.05) is 13.1 Å². The fourth-order valence-corrected chi connectivity index (χ4v) is 2.60. The molecule has 0 aliphatic carbocycles. The third-order valence-electron chi connectivity index (χ3n) is 2.95. The minimum atomic E-state index is -1.02. The molecular formula is C11H17Cl2FN2O2S. The lowest BCUT2D eigenvalue weighted by molar-refractivity contribution is -0.134. The molecule has 19 heavy (non-hydrogen) atoms. The van der Waals surface area contributed by atoms with Crippen molar-refractivity contribution in [2.24, 2.45) is 5.73 Å². The van der Waals surface area contributed by atoms with Gasteiger partial charge < -0.3 is 15.7 Å². The van der Waals surface area contributed by atoms with Gasteiger partial charge in [0.2, 0.25) is 5.91 Å². The Bertz CT molecular complexity index is 394. The van der Waals surface area contributed by atoms with Crippen molar-refractivity contribution in [3.05, 3.63) is 22.4 Å². The molecule has 3 N–H and O–H groups in total. The summed E-state index contributed by atoms with van der Waals surface area (Å²) in [6.45, 7) is 0.465. The fraction of sp³-hybridized carbons (Fsp3) is 0.545. The molecule has 0 spiro atoms. The van der Waals surface area contributed by atoms with Crippen molar-refractivity contribution in [2.45, 2.75) is 24.7 Å². The van der Waals surface area contributed by atoms with Gasteiger partial charge in [-0.2, -0.15) is 11.3 Å². The number of aliphatic hydroxyl groups is 1. The van der Waals surface area contributed by atoms with Crippen LogP contribution in [-0.2, 0) is 4.79 Å². The van der Waals surface area contributed by atoms with E-state index in [0.717, 1.165) is 0 Å². The molecule has 110 valence electrons. The average Bonchev–Trinajstić information content (AvgIpc) is 2.96. The summed E-state index contributed by atoms with van der Waals surface area (Å²) >= 11 is 1.43. The Hall–Kier alpha value is -0.400. The molecule has 3 atom stereocenters. The molecule has 1 fully saturated rings. The first kappa shape index (κ1) is 18.6. The van der Waals surface area contributed by atoms with Gasteiger partial charge in [0.25, 0.3) is 0 Å². The van der Waals surface area contributed by atoms with Crippen LogP contribution < -0.4 is 5.73 Å². The molecule has 1 amide bonds. The summed E-state index contributed by atoms with van der Waals surface area (Å²) in [7, 11) is 0. The number of alkyl halides is 1. The van der Waals surface area contributed by atoms with Crippen molar-refractivity contribution in [3.63, 3.8) is 0 Å². The summed E-state index contributed by atoms with van der Waals surface area (Å²) in [5, 5.41) is 13.5. The molecule has 0 aromatic carbocycles. The molecule has 8 heteroatoms. The highest BCUT2D eigenvalue weighted by Gasteiger charge is 2.32. The number of aliphatic hydroxyl groups excluding tert-OH is 1. The van der Waals surface area contributed by atoms with Crippen LogP contribution in [0.15, 0.2) is 16.8 Å². The predicted molar refractivity (Wildman–Crippen MR) is 77.8 cm³/mol. The minimum absolute atomic E-state index is 0. The normalized spacial score (nSPS) is 21.2. The van der Waals surface area contributed by atoms with Crippen LogP contribution in [-0.4, -0.2) is 41.2 Å². The highest BCUT2D eigenvalue weighted by atomic mass is 35.5. The van der Waals surface area contributed by atoms with Crippen molar-refractivity contribution in [3.8, 4) is 0 Å². The van der Waals surface area contributed by atoms with Gasteiger partial charge in [-0.05, 0) is 28.8 Å². The van der Waals surface area contributed by atoms with E-state index in [0.29, 0.717) is 18.5 Å². The number of likely N-dealkylation sites (tertiary alicyclic amines) is 1. The maximum Gasteiger partial charge on any atom is 0.242 e. The van der Waals surface area contributed by atoms with Gasteiger partial charge in [0.1, 0.15) is 18.3 Å². The molecule has 4 nitrogen and oxygen atoms in total. The predicted octanol–water partition coefficient (Wildman–Crippen LogP) is 1.52. The monoisotopic (exact) mass is 330 g/mol. The van der Waals surface area contributed by atoms with Crippen molar-refractivity contribution >= 4 is 42.1 Å². The molecule has 1 unspecified atom stereocenters. The second-order valence-electron chi connectivity index (χ2n) is 4.20. The number of carbonyl (C=O) groups excluding carboxylic acids is 1. The quantitative estimate of drug-likeness (QED) is 0.883. The average molecular weight is 331 g/mol. The highest BCUT2D eigenvalue weighted by Crippen LogP contribution is 2.21. The lowest BCUT2D eigenvalue weighted by atomic mass is 10.1. The molecule has 1 aromatic rings. The second-order valence-corrected chi connectivity index (χ2v) is 4.98. The van der Waals surface area contributed by atoms with E-state index in [1.54, 1.807) is 11.4 Å².